The first-order chi connectivity index (χ1) is 10.2. The van der Waals surface area contributed by atoms with Gasteiger partial charge in [0.2, 0.25) is 5.91 Å². The van der Waals surface area contributed by atoms with E-state index in [9.17, 15) is 4.79 Å². The van der Waals surface area contributed by atoms with Crippen molar-refractivity contribution in [1.29, 1.82) is 0 Å². The van der Waals surface area contributed by atoms with Gasteiger partial charge in [-0.3, -0.25) is 9.69 Å². The van der Waals surface area contributed by atoms with E-state index in [1.54, 1.807) is 0 Å². The number of nitrogens with zero attached hydrogens (tertiary/aromatic N) is 1. The second-order valence-electron chi connectivity index (χ2n) is 5.96. The molecule has 1 saturated carbocycles. The number of nitrogens with one attached hydrogen (secondary N) is 2. The van der Waals surface area contributed by atoms with Crippen molar-refractivity contribution in [2.45, 2.75) is 18.9 Å². The number of hydrogen-bond donors (Lipinski definition) is 2. The molecule has 114 valence electrons. The fourth-order valence-corrected chi connectivity index (χ4v) is 3.07. The van der Waals surface area contributed by atoms with E-state index in [0.717, 1.165) is 42.7 Å². The Kier molecular flexibility index (Phi) is 4.78. The highest BCUT2D eigenvalue weighted by molar-refractivity contribution is 6.31. The van der Waals surface area contributed by atoms with Gasteiger partial charge in [0.05, 0.1) is 6.54 Å². The van der Waals surface area contributed by atoms with E-state index in [1.165, 1.54) is 12.8 Å². The quantitative estimate of drug-likeness (QED) is 0.872. The van der Waals surface area contributed by atoms with E-state index in [0.29, 0.717) is 6.54 Å². The summed E-state index contributed by atoms with van der Waals surface area (Å²) in [4.78, 5) is 14.3. The van der Waals surface area contributed by atoms with Gasteiger partial charge < -0.3 is 10.6 Å². The van der Waals surface area contributed by atoms with Crippen molar-refractivity contribution < 1.29 is 4.79 Å². The predicted molar refractivity (Wildman–Crippen MR) is 84.4 cm³/mol. The first kappa shape index (κ1) is 14.8. The summed E-state index contributed by atoms with van der Waals surface area (Å²) in [6.07, 6.45) is 2.52. The van der Waals surface area contributed by atoms with Gasteiger partial charge in [0.15, 0.2) is 0 Å². The molecular formula is C16H22ClN3O. The van der Waals surface area contributed by atoms with Crippen LogP contribution in [0.1, 0.15) is 24.4 Å². The number of rotatable bonds is 5. The Balaban J connectivity index is 1.63. The highest BCUT2D eigenvalue weighted by Gasteiger charge is 2.27. The fourth-order valence-electron chi connectivity index (χ4n) is 2.81. The van der Waals surface area contributed by atoms with Crippen molar-refractivity contribution in [2.75, 3.05) is 32.7 Å². The Morgan fingerprint density at radius 1 is 1.38 bits per heavy atom. The molecule has 1 atom stereocenters. The SMILES string of the molecule is O=C(CN1CCNCC1c1ccccc1Cl)NCC1CC1. The van der Waals surface area contributed by atoms with Crippen molar-refractivity contribution in [1.82, 2.24) is 15.5 Å². The molecule has 2 aliphatic rings. The van der Waals surface area contributed by atoms with Crippen LogP contribution in [-0.4, -0.2) is 43.5 Å². The molecule has 21 heavy (non-hydrogen) atoms. The Morgan fingerprint density at radius 2 is 2.19 bits per heavy atom. The van der Waals surface area contributed by atoms with Crippen LogP contribution in [0.4, 0.5) is 0 Å². The summed E-state index contributed by atoms with van der Waals surface area (Å²) < 4.78 is 0. The van der Waals surface area contributed by atoms with E-state index in [4.69, 9.17) is 11.6 Å². The van der Waals surface area contributed by atoms with Crippen LogP contribution in [0.5, 0.6) is 0 Å². The molecule has 1 aromatic carbocycles. The molecule has 4 nitrogen and oxygen atoms in total. The van der Waals surface area contributed by atoms with Crippen LogP contribution >= 0.6 is 11.6 Å². The molecule has 1 saturated heterocycles. The zero-order valence-corrected chi connectivity index (χ0v) is 12.9. The van der Waals surface area contributed by atoms with Crippen LogP contribution in [-0.2, 0) is 4.79 Å². The third-order valence-corrected chi connectivity index (χ3v) is 4.59. The minimum absolute atomic E-state index is 0.126. The summed E-state index contributed by atoms with van der Waals surface area (Å²) in [5.74, 6) is 0.845. The second kappa shape index (κ2) is 6.77. The highest BCUT2D eigenvalue weighted by Crippen LogP contribution is 2.29. The number of halogens is 1. The van der Waals surface area contributed by atoms with Gasteiger partial charge in [0.1, 0.15) is 0 Å². The largest absolute Gasteiger partial charge is 0.355 e. The molecule has 1 amide bonds. The normalized spacial score (nSPS) is 23.0. The van der Waals surface area contributed by atoms with Crippen LogP contribution in [0.2, 0.25) is 5.02 Å². The van der Waals surface area contributed by atoms with Crippen molar-refractivity contribution in [2.24, 2.45) is 5.92 Å². The number of amides is 1. The zero-order valence-electron chi connectivity index (χ0n) is 12.1. The molecule has 0 spiro atoms. The topological polar surface area (TPSA) is 44.4 Å². The lowest BCUT2D eigenvalue weighted by atomic mass is 10.0. The van der Waals surface area contributed by atoms with Crippen molar-refractivity contribution in [3.63, 3.8) is 0 Å². The lowest BCUT2D eigenvalue weighted by molar-refractivity contribution is -0.123. The molecule has 1 aromatic rings. The predicted octanol–water partition coefficient (Wildman–Crippen LogP) is 1.81. The van der Waals surface area contributed by atoms with Crippen LogP contribution in [0, 0.1) is 5.92 Å². The Hall–Kier alpha value is -1.10. The van der Waals surface area contributed by atoms with Crippen LogP contribution in [0.3, 0.4) is 0 Å². The molecule has 1 heterocycles. The summed E-state index contributed by atoms with van der Waals surface area (Å²) >= 11 is 6.32. The average Bonchev–Trinajstić information content (AvgIpc) is 3.31. The third kappa shape index (κ3) is 3.96. The van der Waals surface area contributed by atoms with E-state index in [-0.39, 0.29) is 11.9 Å². The van der Waals surface area contributed by atoms with Gasteiger partial charge >= 0.3 is 0 Å². The molecular weight excluding hydrogens is 286 g/mol. The monoisotopic (exact) mass is 307 g/mol. The minimum atomic E-state index is 0.126. The number of benzene rings is 1. The smallest absolute Gasteiger partial charge is 0.234 e. The zero-order chi connectivity index (χ0) is 14.7. The molecule has 1 aliphatic heterocycles. The number of piperazine rings is 1. The standard InChI is InChI=1S/C16H22ClN3O/c17-14-4-2-1-3-13(14)15-10-18-7-8-20(15)11-16(21)19-9-12-5-6-12/h1-4,12,15,18H,5-11H2,(H,19,21). The molecule has 0 aromatic heterocycles. The second-order valence-corrected chi connectivity index (χ2v) is 6.37. The van der Waals surface area contributed by atoms with Gasteiger partial charge in [-0.15, -0.1) is 0 Å². The molecule has 2 fully saturated rings. The number of carbonyl (C=O) groups excluding carboxylic acids is 1. The van der Waals surface area contributed by atoms with Gasteiger partial charge in [-0.05, 0) is 30.4 Å². The molecule has 2 N–H and O–H groups in total. The summed E-state index contributed by atoms with van der Waals surface area (Å²) in [6.45, 7) is 3.90. The lowest BCUT2D eigenvalue weighted by Crippen LogP contribution is -2.49. The molecule has 5 heteroatoms. The van der Waals surface area contributed by atoms with Gasteiger partial charge in [0.25, 0.3) is 0 Å². The van der Waals surface area contributed by atoms with Gasteiger partial charge in [-0.2, -0.15) is 0 Å². The first-order valence-electron chi connectivity index (χ1n) is 7.70. The van der Waals surface area contributed by atoms with E-state index in [1.807, 2.05) is 18.2 Å². The van der Waals surface area contributed by atoms with Crippen LogP contribution < -0.4 is 10.6 Å². The third-order valence-electron chi connectivity index (χ3n) is 4.25. The Labute approximate surface area is 130 Å². The van der Waals surface area contributed by atoms with Crippen LogP contribution in [0.25, 0.3) is 0 Å². The van der Waals surface area contributed by atoms with E-state index < -0.39 is 0 Å². The maximum Gasteiger partial charge on any atom is 0.234 e. The summed E-state index contributed by atoms with van der Waals surface area (Å²) in [5.41, 5.74) is 1.10. The van der Waals surface area contributed by atoms with E-state index in [2.05, 4.69) is 21.6 Å². The average molecular weight is 308 g/mol. The Bertz CT molecular complexity index is 504. The van der Waals surface area contributed by atoms with Crippen molar-refractivity contribution in [3.8, 4) is 0 Å². The van der Waals surface area contributed by atoms with Crippen molar-refractivity contribution in [3.05, 3.63) is 34.9 Å². The lowest BCUT2D eigenvalue weighted by Gasteiger charge is -2.36. The highest BCUT2D eigenvalue weighted by atomic mass is 35.5. The van der Waals surface area contributed by atoms with Gasteiger partial charge in [0, 0.05) is 37.2 Å². The molecule has 0 bridgehead atoms. The van der Waals surface area contributed by atoms with Gasteiger partial charge in [-0.25, -0.2) is 0 Å². The number of hydrogen-bond acceptors (Lipinski definition) is 3. The Morgan fingerprint density at radius 3 is 2.95 bits per heavy atom. The summed E-state index contributed by atoms with van der Waals surface area (Å²) in [6, 6.07) is 8.07. The minimum Gasteiger partial charge on any atom is -0.355 e. The van der Waals surface area contributed by atoms with E-state index >= 15 is 0 Å². The van der Waals surface area contributed by atoms with Gasteiger partial charge in [-0.1, -0.05) is 29.8 Å². The fraction of sp³-hybridized carbons (Fsp3) is 0.562. The van der Waals surface area contributed by atoms with Crippen molar-refractivity contribution >= 4 is 17.5 Å². The maximum absolute atomic E-state index is 12.1. The summed E-state index contributed by atoms with van der Waals surface area (Å²) in [7, 11) is 0. The molecule has 1 unspecified atom stereocenters. The molecule has 3 rings (SSSR count). The maximum atomic E-state index is 12.1. The molecule has 0 radical (unpaired) electrons. The van der Waals surface area contributed by atoms with Crippen LogP contribution in [0.15, 0.2) is 24.3 Å². The number of carbonyl (C=O) groups is 1. The summed E-state index contributed by atoms with van der Waals surface area (Å²) in [5, 5.41) is 7.21. The molecule has 1 aliphatic carbocycles. The first-order valence-corrected chi connectivity index (χ1v) is 8.07.